The Hall–Kier alpha value is -0.0400. The van der Waals surface area contributed by atoms with Gasteiger partial charge in [-0.1, -0.05) is 12.8 Å². The van der Waals surface area contributed by atoms with Crippen LogP contribution in [0.2, 0.25) is 0 Å². The van der Waals surface area contributed by atoms with Crippen molar-refractivity contribution in [3.05, 3.63) is 0 Å². The van der Waals surface area contributed by atoms with E-state index >= 15 is 0 Å². The Morgan fingerprint density at radius 3 is 3.00 bits per heavy atom. The van der Waals surface area contributed by atoms with Crippen molar-refractivity contribution >= 4 is 0 Å². The first kappa shape index (κ1) is 6.66. The summed E-state index contributed by atoms with van der Waals surface area (Å²) in [7, 11) is 0. The van der Waals surface area contributed by atoms with Gasteiger partial charge in [-0.05, 0) is 32.6 Å². The van der Waals surface area contributed by atoms with Gasteiger partial charge >= 0.3 is 0 Å². The van der Waals surface area contributed by atoms with Gasteiger partial charge < -0.3 is 4.74 Å². The van der Waals surface area contributed by atoms with Crippen molar-refractivity contribution in [3.63, 3.8) is 0 Å². The molecule has 2 heterocycles. The highest BCUT2D eigenvalue weighted by Crippen LogP contribution is 2.39. The van der Waals surface area contributed by atoms with E-state index in [2.05, 4.69) is 6.92 Å². The van der Waals surface area contributed by atoms with E-state index in [1.165, 1.54) is 38.5 Å². The molecule has 2 atom stereocenters. The van der Waals surface area contributed by atoms with Crippen LogP contribution in [-0.4, -0.2) is 11.7 Å². The second-order valence-corrected chi connectivity index (χ2v) is 3.97. The molecule has 0 aromatic rings. The molecule has 0 spiro atoms. The van der Waals surface area contributed by atoms with Crippen molar-refractivity contribution < 1.29 is 4.74 Å². The van der Waals surface area contributed by atoms with Crippen LogP contribution in [0.4, 0.5) is 0 Å². The van der Waals surface area contributed by atoms with Crippen molar-refractivity contribution in [2.45, 2.75) is 57.2 Å². The van der Waals surface area contributed by atoms with Gasteiger partial charge in [0, 0.05) is 0 Å². The van der Waals surface area contributed by atoms with Crippen molar-refractivity contribution in [1.29, 1.82) is 0 Å². The summed E-state index contributed by atoms with van der Waals surface area (Å²) in [6.45, 7) is 2.28. The van der Waals surface area contributed by atoms with Crippen LogP contribution in [0.1, 0.15) is 45.4 Å². The molecule has 2 saturated heterocycles. The molecule has 2 aliphatic rings. The first-order valence-electron chi connectivity index (χ1n) is 4.46. The van der Waals surface area contributed by atoms with E-state index < -0.39 is 0 Å². The van der Waals surface area contributed by atoms with E-state index in [4.69, 9.17) is 4.74 Å². The van der Waals surface area contributed by atoms with Crippen molar-refractivity contribution in [2.24, 2.45) is 0 Å². The second-order valence-electron chi connectivity index (χ2n) is 3.97. The van der Waals surface area contributed by atoms with Crippen LogP contribution >= 0.6 is 0 Å². The highest BCUT2D eigenvalue weighted by Gasteiger charge is 2.36. The lowest BCUT2D eigenvalue weighted by Crippen LogP contribution is -2.22. The van der Waals surface area contributed by atoms with Crippen LogP contribution in [0.25, 0.3) is 0 Å². The Balaban J connectivity index is 2.09. The first-order chi connectivity index (χ1) is 4.79. The van der Waals surface area contributed by atoms with Gasteiger partial charge in [0.15, 0.2) is 0 Å². The summed E-state index contributed by atoms with van der Waals surface area (Å²) in [6, 6.07) is 0. The summed E-state index contributed by atoms with van der Waals surface area (Å²) in [5.41, 5.74) is 0.279. The topological polar surface area (TPSA) is 9.23 Å². The van der Waals surface area contributed by atoms with E-state index in [-0.39, 0.29) is 5.60 Å². The van der Waals surface area contributed by atoms with Crippen LogP contribution in [0.5, 0.6) is 0 Å². The molecule has 1 heteroatoms. The van der Waals surface area contributed by atoms with E-state index in [9.17, 15) is 0 Å². The highest BCUT2D eigenvalue weighted by molar-refractivity contribution is 4.87. The van der Waals surface area contributed by atoms with Gasteiger partial charge in [0.05, 0.1) is 11.7 Å². The van der Waals surface area contributed by atoms with Gasteiger partial charge in [-0.2, -0.15) is 0 Å². The third-order valence-corrected chi connectivity index (χ3v) is 2.93. The molecule has 2 aliphatic heterocycles. The van der Waals surface area contributed by atoms with Gasteiger partial charge in [0.25, 0.3) is 0 Å². The zero-order valence-electron chi connectivity index (χ0n) is 6.73. The van der Waals surface area contributed by atoms with Gasteiger partial charge in [-0.25, -0.2) is 0 Å². The molecule has 58 valence electrons. The van der Waals surface area contributed by atoms with E-state index in [1.807, 2.05) is 0 Å². The van der Waals surface area contributed by atoms with Crippen LogP contribution in [0.3, 0.4) is 0 Å². The Kier molecular flexibility index (Phi) is 1.48. The molecule has 2 rings (SSSR count). The monoisotopic (exact) mass is 140 g/mol. The van der Waals surface area contributed by atoms with Crippen LogP contribution in [0.15, 0.2) is 0 Å². The number of hydrogen-bond donors (Lipinski definition) is 0. The normalized spacial score (nSPS) is 47.1. The van der Waals surface area contributed by atoms with Crippen molar-refractivity contribution in [3.8, 4) is 0 Å². The minimum Gasteiger partial charge on any atom is -0.372 e. The lowest BCUT2D eigenvalue weighted by Gasteiger charge is -2.21. The third kappa shape index (κ3) is 1.07. The summed E-state index contributed by atoms with van der Waals surface area (Å²) >= 11 is 0. The zero-order valence-corrected chi connectivity index (χ0v) is 6.73. The Labute approximate surface area is 62.8 Å². The quantitative estimate of drug-likeness (QED) is 0.502. The largest absolute Gasteiger partial charge is 0.372 e. The smallest absolute Gasteiger partial charge is 0.0659 e. The van der Waals surface area contributed by atoms with Crippen molar-refractivity contribution in [2.75, 3.05) is 0 Å². The molecule has 2 bridgehead atoms. The Morgan fingerprint density at radius 2 is 2.10 bits per heavy atom. The molecule has 0 amide bonds. The average molecular weight is 140 g/mol. The van der Waals surface area contributed by atoms with E-state index in [1.54, 1.807) is 0 Å². The standard InChI is InChI=1S/C9H16O/c1-9-6-3-2-4-8(10-9)5-7-9/h8H,2-7H2,1H3. The molecular weight excluding hydrogens is 124 g/mol. The van der Waals surface area contributed by atoms with Gasteiger partial charge in [-0.15, -0.1) is 0 Å². The van der Waals surface area contributed by atoms with Crippen LogP contribution < -0.4 is 0 Å². The molecule has 0 aromatic carbocycles. The van der Waals surface area contributed by atoms with E-state index in [0.717, 1.165) is 0 Å². The van der Waals surface area contributed by atoms with Gasteiger partial charge in [0.2, 0.25) is 0 Å². The van der Waals surface area contributed by atoms with Crippen molar-refractivity contribution in [1.82, 2.24) is 0 Å². The lowest BCUT2D eigenvalue weighted by atomic mass is 9.92. The molecule has 2 fully saturated rings. The molecule has 0 N–H and O–H groups in total. The Morgan fingerprint density at radius 1 is 1.20 bits per heavy atom. The molecule has 10 heavy (non-hydrogen) atoms. The van der Waals surface area contributed by atoms with E-state index in [0.29, 0.717) is 6.10 Å². The predicted molar refractivity (Wildman–Crippen MR) is 41.0 cm³/mol. The fourth-order valence-electron chi connectivity index (χ4n) is 2.24. The maximum absolute atomic E-state index is 5.91. The lowest BCUT2D eigenvalue weighted by molar-refractivity contribution is -0.0242. The second kappa shape index (κ2) is 2.23. The third-order valence-electron chi connectivity index (χ3n) is 2.93. The number of ether oxygens (including phenoxy) is 1. The van der Waals surface area contributed by atoms with Crippen LogP contribution in [-0.2, 0) is 4.74 Å². The number of rotatable bonds is 0. The summed E-state index contributed by atoms with van der Waals surface area (Å²) < 4.78 is 5.91. The van der Waals surface area contributed by atoms with Gasteiger partial charge in [-0.3, -0.25) is 0 Å². The average Bonchev–Trinajstić information content (AvgIpc) is 2.11. The summed E-state index contributed by atoms with van der Waals surface area (Å²) in [4.78, 5) is 0. The fraction of sp³-hybridized carbons (Fsp3) is 1.00. The Bertz CT molecular complexity index is 131. The summed E-state index contributed by atoms with van der Waals surface area (Å²) in [6.07, 6.45) is 8.62. The molecule has 0 aliphatic carbocycles. The van der Waals surface area contributed by atoms with Gasteiger partial charge in [0.1, 0.15) is 0 Å². The minimum atomic E-state index is 0.279. The molecule has 1 nitrogen and oxygen atoms in total. The SMILES string of the molecule is CC12CCCCC(CC1)O2. The first-order valence-corrected chi connectivity index (χ1v) is 4.46. The maximum Gasteiger partial charge on any atom is 0.0659 e. The molecular formula is C9H16O. The zero-order chi connectivity index (χ0) is 7.03. The predicted octanol–water partition coefficient (Wildman–Crippen LogP) is 2.50. The molecule has 0 saturated carbocycles. The molecule has 0 radical (unpaired) electrons. The highest BCUT2D eigenvalue weighted by atomic mass is 16.5. The fourth-order valence-corrected chi connectivity index (χ4v) is 2.24. The maximum atomic E-state index is 5.91. The molecule has 2 unspecified atom stereocenters. The number of fused-ring (bicyclic) bond motifs is 2. The summed E-state index contributed by atoms with van der Waals surface area (Å²) in [5, 5.41) is 0. The molecule has 0 aromatic heterocycles. The minimum absolute atomic E-state index is 0.279. The van der Waals surface area contributed by atoms with Crippen LogP contribution in [0, 0.1) is 0 Å². The summed E-state index contributed by atoms with van der Waals surface area (Å²) in [5.74, 6) is 0. The number of hydrogen-bond acceptors (Lipinski definition) is 1.